The third-order valence-corrected chi connectivity index (χ3v) is 8.18. The maximum atomic E-state index is 12.7. The third kappa shape index (κ3) is 5.39. The van der Waals surface area contributed by atoms with Crippen LogP contribution < -0.4 is 0 Å². The molecule has 0 amide bonds. The minimum absolute atomic E-state index is 0.127. The molecular formula is C26H29AsO2S. The first-order valence-electron chi connectivity index (χ1n) is 10.1. The van der Waals surface area contributed by atoms with Gasteiger partial charge < -0.3 is 0 Å². The summed E-state index contributed by atoms with van der Waals surface area (Å²) in [5.74, 6) is 0.547. The predicted octanol–water partition coefficient (Wildman–Crippen LogP) is 5.48. The normalized spacial score (nSPS) is 12.9. The second kappa shape index (κ2) is 9.90. The zero-order valence-electron chi connectivity index (χ0n) is 17.7. The molecule has 2 atom stereocenters. The molecule has 0 saturated carbocycles. The van der Waals surface area contributed by atoms with Gasteiger partial charge in [-0.2, -0.15) is 0 Å². The van der Waals surface area contributed by atoms with E-state index in [9.17, 15) is 4.79 Å². The molecule has 0 aliphatic heterocycles. The molecule has 156 valence electrons. The summed E-state index contributed by atoms with van der Waals surface area (Å²) < 4.78 is 5.08. The Labute approximate surface area is 192 Å². The molecule has 3 aromatic carbocycles. The van der Waals surface area contributed by atoms with Gasteiger partial charge in [0.05, 0.1) is 0 Å². The molecule has 0 aromatic heterocycles. The summed E-state index contributed by atoms with van der Waals surface area (Å²) in [4.78, 5) is 12.7. The Hall–Kier alpha value is -1.96. The topological polar surface area (TPSA) is 26.3 Å². The van der Waals surface area contributed by atoms with E-state index in [-0.39, 0.29) is 10.7 Å². The predicted molar refractivity (Wildman–Crippen MR) is 130 cm³/mol. The van der Waals surface area contributed by atoms with Crippen molar-refractivity contribution in [3.63, 3.8) is 0 Å². The number of ether oxygens (including phenoxy) is 1. The Bertz CT molecular complexity index is 840. The van der Waals surface area contributed by atoms with Crippen molar-refractivity contribution >= 4 is 34.6 Å². The van der Waals surface area contributed by atoms with E-state index < -0.39 is 10.3 Å². The Morgan fingerprint density at radius 3 is 1.50 bits per heavy atom. The summed E-state index contributed by atoms with van der Waals surface area (Å²) in [6.45, 7) is 5.75. The van der Waals surface area contributed by atoms with Crippen LogP contribution in [0.3, 0.4) is 0 Å². The van der Waals surface area contributed by atoms with Crippen molar-refractivity contribution in [2.75, 3.05) is 5.75 Å². The molecule has 0 saturated heterocycles. The summed E-state index contributed by atoms with van der Waals surface area (Å²) >= 11 is 3.22. The van der Waals surface area contributed by atoms with Crippen LogP contribution in [0.2, 0.25) is 4.71 Å². The standard InChI is InChI=1S/C26H29AsO2S/c1-25(2,3)29-24(28)23(27)19-30-26(20-13-7-4-8-14-20,21-15-9-5-10-16-21)22-17-11-6-12-18-22/h4-18,23H,19,27H2,1-3H3. The van der Waals surface area contributed by atoms with Gasteiger partial charge in [-0.25, -0.2) is 0 Å². The van der Waals surface area contributed by atoms with Gasteiger partial charge in [0.1, 0.15) is 0 Å². The first-order chi connectivity index (χ1) is 14.3. The van der Waals surface area contributed by atoms with Crippen molar-refractivity contribution in [1.29, 1.82) is 0 Å². The zero-order valence-corrected chi connectivity index (χ0v) is 21.0. The van der Waals surface area contributed by atoms with Gasteiger partial charge in [-0.05, 0) is 0 Å². The first kappa shape index (κ1) is 22.7. The molecule has 4 heteroatoms. The Morgan fingerprint density at radius 2 is 1.17 bits per heavy atom. The molecule has 0 N–H and O–H groups in total. The quantitative estimate of drug-likeness (QED) is 0.255. The van der Waals surface area contributed by atoms with Gasteiger partial charge >= 0.3 is 193 Å². The fraction of sp³-hybridized carbons (Fsp3) is 0.269. The molecular weight excluding hydrogens is 451 g/mol. The number of carbonyl (C=O) groups excluding carboxylic acids is 1. The number of hydrogen-bond donors (Lipinski definition) is 0. The van der Waals surface area contributed by atoms with Crippen molar-refractivity contribution in [3.05, 3.63) is 108 Å². The summed E-state index contributed by atoms with van der Waals surface area (Å²) in [5, 5.41) is 0. The van der Waals surface area contributed by atoms with Crippen molar-refractivity contribution in [2.45, 2.75) is 35.8 Å². The van der Waals surface area contributed by atoms with Crippen LogP contribution in [-0.4, -0.2) is 34.2 Å². The molecule has 0 radical (unpaired) electrons. The fourth-order valence-corrected chi connectivity index (χ4v) is 5.65. The Morgan fingerprint density at radius 1 is 0.800 bits per heavy atom. The molecule has 0 heterocycles. The van der Waals surface area contributed by atoms with Crippen LogP contribution in [-0.2, 0) is 14.3 Å². The molecule has 2 unspecified atom stereocenters. The molecule has 30 heavy (non-hydrogen) atoms. The number of hydrogen-bond acceptors (Lipinski definition) is 3. The van der Waals surface area contributed by atoms with Crippen molar-refractivity contribution in [3.8, 4) is 0 Å². The number of rotatable bonds is 7. The SMILES string of the molecule is CC(C)(C)OC(=O)C([AsH2])CSC(c1ccccc1)(c1ccccc1)c1ccccc1. The second-order valence-corrected chi connectivity index (χ2v) is 11.2. The summed E-state index contributed by atoms with van der Waals surface area (Å²) in [7, 11) is 0. The average Bonchev–Trinajstić information content (AvgIpc) is 2.75. The molecule has 0 aliphatic rings. The van der Waals surface area contributed by atoms with Gasteiger partial charge in [-0.15, -0.1) is 0 Å². The summed E-state index contributed by atoms with van der Waals surface area (Å²) in [5.41, 5.74) is 3.14. The van der Waals surface area contributed by atoms with Crippen LogP contribution in [0, 0.1) is 0 Å². The summed E-state index contributed by atoms with van der Waals surface area (Å²) in [6, 6.07) is 31.7. The number of benzene rings is 3. The fourth-order valence-electron chi connectivity index (χ4n) is 3.43. The van der Waals surface area contributed by atoms with Crippen LogP contribution >= 0.6 is 11.8 Å². The van der Waals surface area contributed by atoms with Gasteiger partial charge in [0, 0.05) is 0 Å². The molecule has 0 fully saturated rings. The van der Waals surface area contributed by atoms with E-state index in [1.807, 2.05) is 39.0 Å². The van der Waals surface area contributed by atoms with Crippen LogP contribution in [0.15, 0.2) is 91.0 Å². The third-order valence-electron chi connectivity index (χ3n) is 4.73. The molecule has 3 rings (SSSR count). The van der Waals surface area contributed by atoms with Crippen LogP contribution in [0.25, 0.3) is 0 Å². The van der Waals surface area contributed by atoms with Crippen molar-refractivity contribution in [2.24, 2.45) is 0 Å². The molecule has 0 spiro atoms. The zero-order chi connectivity index (χ0) is 21.6. The number of carbonyl (C=O) groups is 1. The van der Waals surface area contributed by atoms with Crippen LogP contribution in [0.1, 0.15) is 37.5 Å². The van der Waals surface area contributed by atoms with Gasteiger partial charge in [0.2, 0.25) is 0 Å². The minimum atomic E-state index is -0.471. The Balaban J connectivity index is 2.05. The second-order valence-electron chi connectivity index (χ2n) is 8.23. The average molecular weight is 481 g/mol. The van der Waals surface area contributed by atoms with E-state index in [1.54, 1.807) is 11.8 Å². The van der Waals surface area contributed by atoms with Gasteiger partial charge in [0.15, 0.2) is 0 Å². The van der Waals surface area contributed by atoms with Crippen molar-refractivity contribution < 1.29 is 9.53 Å². The summed E-state index contributed by atoms with van der Waals surface area (Å²) in [6.07, 6.45) is 0. The van der Waals surface area contributed by atoms with E-state index in [0.29, 0.717) is 5.75 Å². The van der Waals surface area contributed by atoms with Crippen LogP contribution in [0.4, 0.5) is 0 Å². The monoisotopic (exact) mass is 480 g/mol. The van der Waals surface area contributed by atoms with E-state index in [0.717, 1.165) is 0 Å². The molecule has 0 aliphatic carbocycles. The first-order valence-corrected chi connectivity index (χ1v) is 12.5. The van der Waals surface area contributed by atoms with E-state index in [1.165, 1.54) is 33.5 Å². The number of esters is 1. The van der Waals surface area contributed by atoms with E-state index in [4.69, 9.17) is 4.74 Å². The van der Waals surface area contributed by atoms with E-state index in [2.05, 4.69) is 72.8 Å². The van der Waals surface area contributed by atoms with Gasteiger partial charge in [0.25, 0.3) is 0 Å². The van der Waals surface area contributed by atoms with Crippen LogP contribution in [0.5, 0.6) is 0 Å². The number of thioether (sulfide) groups is 1. The van der Waals surface area contributed by atoms with Gasteiger partial charge in [-0.1, -0.05) is 0 Å². The van der Waals surface area contributed by atoms with Crippen molar-refractivity contribution in [1.82, 2.24) is 0 Å². The molecule has 3 aromatic rings. The molecule has 2 nitrogen and oxygen atoms in total. The van der Waals surface area contributed by atoms with E-state index >= 15 is 0 Å². The van der Waals surface area contributed by atoms with Gasteiger partial charge in [-0.3, -0.25) is 0 Å². The molecule has 0 bridgehead atoms. The maximum absolute atomic E-state index is 12.7. The Kier molecular flexibility index (Phi) is 7.49.